The number of halogens is 1. The van der Waals surface area contributed by atoms with Gasteiger partial charge in [-0.25, -0.2) is 14.4 Å². The fourth-order valence-corrected chi connectivity index (χ4v) is 4.60. The van der Waals surface area contributed by atoms with Crippen LogP contribution in [0.3, 0.4) is 0 Å². The van der Waals surface area contributed by atoms with Crippen molar-refractivity contribution in [2.75, 3.05) is 18.4 Å². The molecule has 2 aromatic heterocycles. The highest BCUT2D eigenvalue weighted by molar-refractivity contribution is 7.13. The van der Waals surface area contributed by atoms with Crippen LogP contribution in [0, 0.1) is 5.82 Å². The molecule has 3 heterocycles. The van der Waals surface area contributed by atoms with Gasteiger partial charge in [0.25, 0.3) is 0 Å². The molecule has 6 nitrogen and oxygen atoms in total. The van der Waals surface area contributed by atoms with Crippen molar-refractivity contribution < 1.29 is 9.18 Å². The molecule has 1 fully saturated rings. The molecular formula is C22H18FN5OS. The highest BCUT2D eigenvalue weighted by Gasteiger charge is 2.26. The molecule has 0 unspecified atom stereocenters. The number of benzene rings is 2. The molecule has 2 aromatic carbocycles. The van der Waals surface area contributed by atoms with Crippen LogP contribution in [0.5, 0.6) is 0 Å². The lowest BCUT2D eigenvalue weighted by atomic mass is 9.97. The van der Waals surface area contributed by atoms with Crippen molar-refractivity contribution in [3.8, 4) is 0 Å². The maximum Gasteiger partial charge on any atom is 0.245 e. The Balaban J connectivity index is 1.50. The summed E-state index contributed by atoms with van der Waals surface area (Å²) in [4.78, 5) is 22.4. The fraction of sp³-hybridized carbons (Fsp3) is 0.182. The average molecular weight is 419 g/mol. The number of aromatic nitrogens is 3. The van der Waals surface area contributed by atoms with Gasteiger partial charge in [-0.15, -0.1) is 0 Å². The van der Waals surface area contributed by atoms with Gasteiger partial charge < -0.3 is 10.2 Å². The van der Waals surface area contributed by atoms with Gasteiger partial charge in [-0.1, -0.05) is 12.6 Å². The highest BCUT2D eigenvalue weighted by atomic mass is 32.1. The summed E-state index contributed by atoms with van der Waals surface area (Å²) in [5.41, 5.74) is 2.23. The first-order valence-corrected chi connectivity index (χ1v) is 10.4. The fourth-order valence-electron chi connectivity index (χ4n) is 3.91. The molecule has 150 valence electrons. The Morgan fingerprint density at radius 1 is 1.30 bits per heavy atom. The molecule has 5 rings (SSSR count). The molecule has 1 amide bonds. The summed E-state index contributed by atoms with van der Waals surface area (Å²) in [6.07, 6.45) is 5.36. The second-order valence-electron chi connectivity index (χ2n) is 7.27. The van der Waals surface area contributed by atoms with Crippen molar-refractivity contribution in [1.82, 2.24) is 19.2 Å². The van der Waals surface area contributed by atoms with Crippen LogP contribution < -0.4 is 5.32 Å². The summed E-state index contributed by atoms with van der Waals surface area (Å²) in [5, 5.41) is 4.71. The second kappa shape index (κ2) is 7.46. The summed E-state index contributed by atoms with van der Waals surface area (Å²) in [6, 6.07) is 9.55. The molecule has 1 aliphatic heterocycles. The molecule has 1 atom stereocenters. The monoisotopic (exact) mass is 419 g/mol. The first-order chi connectivity index (χ1) is 14.6. The van der Waals surface area contributed by atoms with Gasteiger partial charge in [-0.3, -0.25) is 4.79 Å². The van der Waals surface area contributed by atoms with Crippen LogP contribution >= 0.6 is 11.5 Å². The van der Waals surface area contributed by atoms with Gasteiger partial charge in [0.05, 0.1) is 15.9 Å². The predicted molar refractivity (Wildman–Crippen MR) is 117 cm³/mol. The molecule has 1 aliphatic rings. The van der Waals surface area contributed by atoms with Gasteiger partial charge >= 0.3 is 0 Å². The zero-order chi connectivity index (χ0) is 20.7. The van der Waals surface area contributed by atoms with Crippen molar-refractivity contribution in [1.29, 1.82) is 0 Å². The van der Waals surface area contributed by atoms with E-state index in [0.29, 0.717) is 29.3 Å². The van der Waals surface area contributed by atoms with Crippen LogP contribution in [-0.4, -0.2) is 38.2 Å². The molecule has 1 saturated heterocycles. The largest absolute Gasteiger partial charge is 0.339 e. The minimum absolute atomic E-state index is 0.0436. The summed E-state index contributed by atoms with van der Waals surface area (Å²) >= 11 is 1.13. The van der Waals surface area contributed by atoms with Gasteiger partial charge in [-0.2, -0.15) is 4.37 Å². The molecular weight excluding hydrogens is 401 g/mol. The van der Waals surface area contributed by atoms with E-state index in [1.165, 1.54) is 12.4 Å². The molecule has 0 saturated carbocycles. The van der Waals surface area contributed by atoms with E-state index in [2.05, 4.69) is 26.2 Å². The minimum atomic E-state index is -0.340. The van der Waals surface area contributed by atoms with E-state index in [4.69, 9.17) is 0 Å². The van der Waals surface area contributed by atoms with Gasteiger partial charge in [0.2, 0.25) is 5.91 Å². The second-order valence-corrected chi connectivity index (χ2v) is 8.07. The van der Waals surface area contributed by atoms with Crippen LogP contribution in [0.2, 0.25) is 0 Å². The van der Waals surface area contributed by atoms with E-state index in [-0.39, 0.29) is 17.6 Å². The summed E-state index contributed by atoms with van der Waals surface area (Å²) in [5.74, 6) is 0.392. The third-order valence-corrected chi connectivity index (χ3v) is 6.33. The predicted octanol–water partition coefficient (Wildman–Crippen LogP) is 4.62. The van der Waals surface area contributed by atoms with Crippen LogP contribution in [0.25, 0.3) is 21.0 Å². The molecule has 0 radical (unpaired) electrons. The lowest BCUT2D eigenvalue weighted by Crippen LogP contribution is -2.26. The summed E-state index contributed by atoms with van der Waals surface area (Å²) in [7, 11) is 0. The SMILES string of the molecule is C=CC(=O)N1CC[C@@H](c2ccc3ncnc(Nc4ccc5cnsc5c4F)c3c2)C1. The minimum Gasteiger partial charge on any atom is -0.339 e. The van der Waals surface area contributed by atoms with E-state index >= 15 is 0 Å². The van der Waals surface area contributed by atoms with Gasteiger partial charge in [0.15, 0.2) is 5.82 Å². The zero-order valence-electron chi connectivity index (χ0n) is 16.0. The molecule has 1 N–H and O–H groups in total. The smallest absolute Gasteiger partial charge is 0.245 e. The number of carbonyl (C=O) groups excluding carboxylic acids is 1. The third kappa shape index (κ3) is 3.19. The van der Waals surface area contributed by atoms with Gasteiger partial charge in [-0.05, 0) is 53.9 Å². The Morgan fingerprint density at radius 3 is 3.07 bits per heavy atom. The number of amides is 1. The van der Waals surface area contributed by atoms with E-state index in [0.717, 1.165) is 39.8 Å². The van der Waals surface area contributed by atoms with Gasteiger partial charge in [0, 0.05) is 36.0 Å². The number of rotatable bonds is 4. The standard InChI is InChI=1S/C22H18FN5OS/c1-2-19(29)28-8-7-15(11-28)13-3-5-17-16(9-13)22(25-12-24-17)27-18-6-4-14-10-26-30-21(14)20(18)23/h2-6,9-10,12,15H,1,7-8,11H2,(H,24,25,27)/t15-/m1/s1. The van der Waals surface area contributed by atoms with E-state index in [1.807, 2.05) is 29.2 Å². The lowest BCUT2D eigenvalue weighted by molar-refractivity contribution is -0.125. The summed E-state index contributed by atoms with van der Waals surface area (Å²) < 4.78 is 19.5. The number of hydrogen-bond acceptors (Lipinski definition) is 6. The third-order valence-electron chi connectivity index (χ3n) is 5.52. The maximum absolute atomic E-state index is 14.9. The number of nitrogens with zero attached hydrogens (tertiary/aromatic N) is 4. The van der Waals surface area contributed by atoms with Crippen LogP contribution in [0.4, 0.5) is 15.9 Å². The maximum atomic E-state index is 14.9. The Kier molecular flexibility index (Phi) is 4.63. The highest BCUT2D eigenvalue weighted by Crippen LogP contribution is 2.33. The number of nitrogens with one attached hydrogen (secondary N) is 1. The molecule has 8 heteroatoms. The van der Waals surface area contributed by atoms with Crippen LogP contribution in [0.15, 0.2) is 55.5 Å². The molecule has 0 spiro atoms. The first-order valence-electron chi connectivity index (χ1n) is 9.60. The Hall–Kier alpha value is -3.39. The van der Waals surface area contributed by atoms with Crippen LogP contribution in [-0.2, 0) is 4.79 Å². The Labute approximate surface area is 176 Å². The lowest BCUT2D eigenvalue weighted by Gasteiger charge is -2.15. The molecule has 0 aliphatic carbocycles. The number of hydrogen-bond donors (Lipinski definition) is 1. The topological polar surface area (TPSA) is 71.0 Å². The number of carbonyl (C=O) groups is 1. The average Bonchev–Trinajstić information content (AvgIpc) is 3.45. The van der Waals surface area contributed by atoms with Gasteiger partial charge in [0.1, 0.15) is 12.1 Å². The number of likely N-dealkylation sites (tertiary alicyclic amines) is 1. The van der Waals surface area contributed by atoms with E-state index in [1.54, 1.807) is 12.3 Å². The van der Waals surface area contributed by atoms with E-state index in [9.17, 15) is 9.18 Å². The normalized spacial score (nSPS) is 16.3. The molecule has 0 bridgehead atoms. The van der Waals surface area contributed by atoms with Crippen molar-refractivity contribution in [3.63, 3.8) is 0 Å². The van der Waals surface area contributed by atoms with Crippen molar-refractivity contribution in [2.45, 2.75) is 12.3 Å². The van der Waals surface area contributed by atoms with Crippen molar-refractivity contribution >= 4 is 49.9 Å². The summed E-state index contributed by atoms with van der Waals surface area (Å²) in [6.45, 7) is 4.94. The van der Waals surface area contributed by atoms with Crippen molar-refractivity contribution in [3.05, 3.63) is 66.9 Å². The quantitative estimate of drug-likeness (QED) is 0.489. The zero-order valence-corrected chi connectivity index (χ0v) is 16.8. The Morgan fingerprint density at radius 2 is 2.20 bits per heavy atom. The van der Waals surface area contributed by atoms with Crippen molar-refractivity contribution in [2.24, 2.45) is 0 Å². The first kappa shape index (κ1) is 18.6. The number of fused-ring (bicyclic) bond motifs is 2. The number of anilines is 2. The molecule has 4 aromatic rings. The van der Waals surface area contributed by atoms with Crippen LogP contribution in [0.1, 0.15) is 17.9 Å². The van der Waals surface area contributed by atoms with E-state index < -0.39 is 0 Å². The molecule has 30 heavy (non-hydrogen) atoms. The Bertz CT molecular complexity index is 1290.